The van der Waals surface area contributed by atoms with Gasteiger partial charge in [0.25, 0.3) is 0 Å². The molecule has 0 saturated carbocycles. The van der Waals surface area contributed by atoms with Gasteiger partial charge in [-0.1, -0.05) is 0 Å². The summed E-state index contributed by atoms with van der Waals surface area (Å²) in [6.07, 6.45) is 0.894. The van der Waals surface area contributed by atoms with Crippen molar-refractivity contribution in [1.29, 1.82) is 0 Å². The van der Waals surface area contributed by atoms with Crippen LogP contribution in [0.3, 0.4) is 0 Å². The van der Waals surface area contributed by atoms with Gasteiger partial charge in [0.15, 0.2) is 0 Å². The van der Waals surface area contributed by atoms with Crippen molar-refractivity contribution in [1.82, 2.24) is 5.32 Å². The maximum Gasteiger partial charge on any atom is 0.249 e. The lowest BCUT2D eigenvalue weighted by Crippen LogP contribution is -2.47. The van der Waals surface area contributed by atoms with E-state index in [1.807, 2.05) is 19.1 Å². The Bertz CT molecular complexity index is 471. The van der Waals surface area contributed by atoms with Crippen LogP contribution in [0.25, 0.3) is 0 Å². The van der Waals surface area contributed by atoms with Gasteiger partial charge >= 0.3 is 0 Å². The van der Waals surface area contributed by atoms with E-state index in [2.05, 4.69) is 10.6 Å². The van der Waals surface area contributed by atoms with Crippen LogP contribution < -0.4 is 16.4 Å². The van der Waals surface area contributed by atoms with Gasteiger partial charge in [-0.25, -0.2) is 0 Å². The van der Waals surface area contributed by atoms with Crippen molar-refractivity contribution < 1.29 is 9.59 Å². The average molecular weight is 233 g/mol. The Balaban J connectivity index is 2.08. The van der Waals surface area contributed by atoms with Crippen molar-refractivity contribution in [2.45, 2.75) is 25.8 Å². The average Bonchev–Trinajstić information content (AvgIpc) is 2.27. The molecular formula is C12H15N3O2. The molecule has 1 unspecified atom stereocenters. The molecule has 17 heavy (non-hydrogen) atoms. The predicted octanol–water partition coefficient (Wildman–Crippen LogP) is 0.794. The van der Waals surface area contributed by atoms with Crippen LogP contribution in [-0.4, -0.2) is 17.9 Å². The normalized spacial score (nSPS) is 19.9. The van der Waals surface area contributed by atoms with Crippen molar-refractivity contribution >= 4 is 23.2 Å². The maximum absolute atomic E-state index is 11.5. The van der Waals surface area contributed by atoms with Crippen LogP contribution >= 0.6 is 0 Å². The standard InChI is InChI=1S/C12H15N3O2/c1-7-6-8(2-3-9(7)13)14-10-4-5-11(16)15-12(10)17/h2-3,6,10,14H,4-5,13H2,1H3,(H,15,16,17). The second kappa shape index (κ2) is 4.45. The highest BCUT2D eigenvalue weighted by molar-refractivity contribution is 6.01. The molecule has 0 radical (unpaired) electrons. The lowest BCUT2D eigenvalue weighted by Gasteiger charge is -2.23. The molecule has 90 valence electrons. The number of nitrogens with one attached hydrogen (secondary N) is 2. The molecule has 1 aromatic rings. The van der Waals surface area contributed by atoms with Crippen LogP contribution in [0.15, 0.2) is 18.2 Å². The molecule has 5 heteroatoms. The Hall–Kier alpha value is -2.04. The molecule has 2 amide bonds. The third-order valence-electron chi connectivity index (χ3n) is 2.85. The van der Waals surface area contributed by atoms with Crippen LogP contribution in [0.4, 0.5) is 11.4 Å². The molecule has 1 fully saturated rings. The van der Waals surface area contributed by atoms with E-state index in [0.717, 1.165) is 16.9 Å². The highest BCUT2D eigenvalue weighted by Crippen LogP contribution is 2.19. The molecule has 1 atom stereocenters. The quantitative estimate of drug-likeness (QED) is 0.521. The number of nitrogen functional groups attached to an aromatic ring is 1. The van der Waals surface area contributed by atoms with Crippen molar-refractivity contribution in [3.8, 4) is 0 Å². The van der Waals surface area contributed by atoms with Crippen LogP contribution in [0, 0.1) is 6.92 Å². The van der Waals surface area contributed by atoms with Gasteiger partial charge in [0.05, 0.1) is 0 Å². The second-order valence-electron chi connectivity index (χ2n) is 4.22. The first-order valence-corrected chi connectivity index (χ1v) is 5.52. The first-order valence-electron chi connectivity index (χ1n) is 5.52. The van der Waals surface area contributed by atoms with Gasteiger partial charge in [-0.2, -0.15) is 0 Å². The van der Waals surface area contributed by atoms with E-state index in [-0.39, 0.29) is 17.9 Å². The largest absolute Gasteiger partial charge is 0.399 e. The summed E-state index contributed by atoms with van der Waals surface area (Å²) in [6.45, 7) is 1.91. The summed E-state index contributed by atoms with van der Waals surface area (Å²) >= 11 is 0. The number of carbonyl (C=O) groups is 2. The summed E-state index contributed by atoms with van der Waals surface area (Å²) in [7, 11) is 0. The van der Waals surface area contributed by atoms with Gasteiger partial charge < -0.3 is 11.1 Å². The molecule has 2 rings (SSSR count). The number of hydrogen-bond acceptors (Lipinski definition) is 4. The Labute approximate surface area is 99.4 Å². The third-order valence-corrected chi connectivity index (χ3v) is 2.85. The number of anilines is 2. The van der Waals surface area contributed by atoms with E-state index in [9.17, 15) is 9.59 Å². The van der Waals surface area contributed by atoms with E-state index < -0.39 is 0 Å². The summed E-state index contributed by atoms with van der Waals surface area (Å²) in [5.41, 5.74) is 8.24. The Morgan fingerprint density at radius 1 is 1.41 bits per heavy atom. The lowest BCUT2D eigenvalue weighted by atomic mass is 10.1. The maximum atomic E-state index is 11.5. The summed E-state index contributed by atoms with van der Waals surface area (Å²) in [6, 6.07) is 5.16. The molecule has 1 aromatic carbocycles. The third kappa shape index (κ3) is 2.55. The second-order valence-corrected chi connectivity index (χ2v) is 4.22. The fourth-order valence-corrected chi connectivity index (χ4v) is 1.80. The van der Waals surface area contributed by atoms with Gasteiger partial charge in [0, 0.05) is 17.8 Å². The molecule has 0 bridgehead atoms. The highest BCUT2D eigenvalue weighted by Gasteiger charge is 2.26. The number of carbonyl (C=O) groups excluding carboxylic acids is 2. The predicted molar refractivity (Wildman–Crippen MR) is 65.4 cm³/mol. The van der Waals surface area contributed by atoms with Crippen LogP contribution in [-0.2, 0) is 9.59 Å². The minimum atomic E-state index is -0.351. The van der Waals surface area contributed by atoms with E-state index in [1.54, 1.807) is 6.07 Å². The van der Waals surface area contributed by atoms with Gasteiger partial charge in [-0.05, 0) is 37.1 Å². The van der Waals surface area contributed by atoms with Gasteiger partial charge in [-0.15, -0.1) is 0 Å². The zero-order valence-electron chi connectivity index (χ0n) is 9.62. The van der Waals surface area contributed by atoms with Crippen LogP contribution in [0.1, 0.15) is 18.4 Å². The number of aryl methyl sites for hydroxylation is 1. The summed E-state index contributed by atoms with van der Waals surface area (Å²) in [4.78, 5) is 22.5. The number of benzene rings is 1. The number of piperidine rings is 1. The minimum Gasteiger partial charge on any atom is -0.399 e. The Morgan fingerprint density at radius 2 is 2.18 bits per heavy atom. The van der Waals surface area contributed by atoms with Crippen molar-refractivity contribution in [3.05, 3.63) is 23.8 Å². The SMILES string of the molecule is Cc1cc(NC2CCC(=O)NC2=O)ccc1N. The van der Waals surface area contributed by atoms with E-state index in [4.69, 9.17) is 5.73 Å². The fraction of sp³-hybridized carbons (Fsp3) is 0.333. The van der Waals surface area contributed by atoms with E-state index in [1.165, 1.54) is 0 Å². The first kappa shape index (κ1) is 11.4. The van der Waals surface area contributed by atoms with Crippen LogP contribution in [0.2, 0.25) is 0 Å². The highest BCUT2D eigenvalue weighted by atomic mass is 16.2. The molecule has 1 heterocycles. The number of imide groups is 1. The molecule has 0 aliphatic carbocycles. The van der Waals surface area contributed by atoms with Gasteiger partial charge in [0.1, 0.15) is 6.04 Å². The minimum absolute atomic E-state index is 0.207. The number of hydrogen-bond donors (Lipinski definition) is 3. The lowest BCUT2D eigenvalue weighted by molar-refractivity contribution is -0.133. The number of amides is 2. The zero-order chi connectivity index (χ0) is 12.4. The Kier molecular flexibility index (Phi) is 2.99. The van der Waals surface area contributed by atoms with Crippen molar-refractivity contribution in [3.63, 3.8) is 0 Å². The van der Waals surface area contributed by atoms with Crippen molar-refractivity contribution in [2.75, 3.05) is 11.1 Å². The van der Waals surface area contributed by atoms with Gasteiger partial charge in [-0.3, -0.25) is 14.9 Å². The van der Waals surface area contributed by atoms with E-state index in [0.29, 0.717) is 12.8 Å². The number of nitrogens with two attached hydrogens (primary N) is 1. The first-order chi connectivity index (χ1) is 8.06. The molecule has 0 aromatic heterocycles. The molecule has 4 N–H and O–H groups in total. The van der Waals surface area contributed by atoms with Gasteiger partial charge in [0.2, 0.25) is 11.8 Å². The van der Waals surface area contributed by atoms with E-state index >= 15 is 0 Å². The molecule has 5 nitrogen and oxygen atoms in total. The molecular weight excluding hydrogens is 218 g/mol. The summed E-state index contributed by atoms with van der Waals surface area (Å²) in [5.74, 6) is -0.475. The molecule has 0 spiro atoms. The topological polar surface area (TPSA) is 84.2 Å². The Morgan fingerprint density at radius 3 is 2.82 bits per heavy atom. The monoisotopic (exact) mass is 233 g/mol. The smallest absolute Gasteiger partial charge is 0.249 e. The van der Waals surface area contributed by atoms with Crippen molar-refractivity contribution in [2.24, 2.45) is 0 Å². The summed E-state index contributed by atoms with van der Waals surface area (Å²) < 4.78 is 0. The molecule has 1 aliphatic heterocycles. The molecule has 1 saturated heterocycles. The molecule has 1 aliphatic rings. The van der Waals surface area contributed by atoms with Crippen LogP contribution in [0.5, 0.6) is 0 Å². The zero-order valence-corrected chi connectivity index (χ0v) is 9.62. The fourth-order valence-electron chi connectivity index (χ4n) is 1.80. The number of rotatable bonds is 2. The summed E-state index contributed by atoms with van der Waals surface area (Å²) in [5, 5.41) is 5.41.